The molecule has 0 fully saturated rings. The second-order valence-electron chi connectivity index (χ2n) is 6.04. The van der Waals surface area contributed by atoms with Gasteiger partial charge in [-0.15, -0.1) is 0 Å². The Balaban J connectivity index is 2.15. The van der Waals surface area contributed by atoms with Crippen molar-refractivity contribution in [3.8, 4) is 0 Å². The van der Waals surface area contributed by atoms with Gasteiger partial charge in [0, 0.05) is 13.0 Å². The number of benzene rings is 2. The summed E-state index contributed by atoms with van der Waals surface area (Å²) < 4.78 is 45.2. The summed E-state index contributed by atoms with van der Waals surface area (Å²) in [4.78, 5) is 11.4. The van der Waals surface area contributed by atoms with Crippen LogP contribution in [0.5, 0.6) is 0 Å². The standard InChI is InChI=1S/C20H22F3NO3/c1-2-11-24-19(26)27-12-10-14-8-9-16(13-17(14)20(21,22)23)18(25)15-6-4-3-5-7-15/h3-9,13,18,25H,2,10-12H2,1H3,(H,24,26). The van der Waals surface area contributed by atoms with Crippen LogP contribution in [-0.4, -0.2) is 24.4 Å². The number of carbonyl (C=O) groups excluding carboxylic acids is 1. The highest BCUT2D eigenvalue weighted by Gasteiger charge is 2.34. The van der Waals surface area contributed by atoms with Crippen LogP contribution in [0.1, 0.15) is 41.7 Å². The van der Waals surface area contributed by atoms with Crippen LogP contribution in [0.25, 0.3) is 0 Å². The number of alkyl carbamates (subject to hydrolysis) is 1. The Morgan fingerprint density at radius 1 is 1.15 bits per heavy atom. The van der Waals surface area contributed by atoms with E-state index in [9.17, 15) is 23.1 Å². The second-order valence-corrected chi connectivity index (χ2v) is 6.04. The van der Waals surface area contributed by atoms with Gasteiger partial charge in [0.2, 0.25) is 0 Å². The quantitative estimate of drug-likeness (QED) is 0.744. The number of alkyl halides is 3. The van der Waals surface area contributed by atoms with Crippen molar-refractivity contribution < 1.29 is 27.8 Å². The van der Waals surface area contributed by atoms with E-state index in [0.717, 1.165) is 12.5 Å². The minimum atomic E-state index is -4.58. The van der Waals surface area contributed by atoms with Crippen LogP contribution < -0.4 is 5.32 Å². The fourth-order valence-corrected chi connectivity index (χ4v) is 2.61. The van der Waals surface area contributed by atoms with Crippen LogP contribution >= 0.6 is 0 Å². The lowest BCUT2D eigenvalue weighted by atomic mass is 9.95. The molecule has 0 saturated carbocycles. The van der Waals surface area contributed by atoms with Gasteiger partial charge in [-0.3, -0.25) is 0 Å². The summed E-state index contributed by atoms with van der Waals surface area (Å²) in [5.41, 5.74) is -0.171. The summed E-state index contributed by atoms with van der Waals surface area (Å²) in [5, 5.41) is 12.8. The monoisotopic (exact) mass is 381 g/mol. The lowest BCUT2D eigenvalue weighted by Gasteiger charge is -2.17. The molecule has 7 heteroatoms. The fourth-order valence-electron chi connectivity index (χ4n) is 2.61. The summed E-state index contributed by atoms with van der Waals surface area (Å²) in [6, 6.07) is 12.2. The molecule has 0 saturated heterocycles. The highest BCUT2D eigenvalue weighted by Crippen LogP contribution is 2.35. The molecule has 0 heterocycles. The molecule has 2 aromatic rings. The van der Waals surface area contributed by atoms with E-state index in [-0.39, 0.29) is 24.2 Å². The van der Waals surface area contributed by atoms with Crippen molar-refractivity contribution in [1.29, 1.82) is 0 Å². The molecule has 0 spiro atoms. The third-order valence-corrected chi connectivity index (χ3v) is 3.99. The second kappa shape index (κ2) is 9.41. The number of nitrogens with one attached hydrogen (secondary N) is 1. The molecule has 2 aromatic carbocycles. The first-order valence-electron chi connectivity index (χ1n) is 8.66. The van der Waals surface area contributed by atoms with E-state index in [0.29, 0.717) is 12.1 Å². The molecule has 0 bridgehead atoms. The summed E-state index contributed by atoms with van der Waals surface area (Å²) in [5.74, 6) is 0. The Hall–Kier alpha value is -2.54. The van der Waals surface area contributed by atoms with Crippen molar-refractivity contribution in [2.24, 2.45) is 0 Å². The lowest BCUT2D eigenvalue weighted by Crippen LogP contribution is -2.25. The molecule has 0 aliphatic rings. The Morgan fingerprint density at radius 3 is 2.48 bits per heavy atom. The Bertz CT molecular complexity index is 748. The van der Waals surface area contributed by atoms with Crippen LogP contribution in [0.3, 0.4) is 0 Å². The van der Waals surface area contributed by atoms with Gasteiger partial charge >= 0.3 is 12.3 Å². The molecule has 2 rings (SSSR count). The van der Waals surface area contributed by atoms with Crippen molar-refractivity contribution in [2.75, 3.05) is 13.2 Å². The number of amides is 1. The average molecular weight is 381 g/mol. The molecule has 0 aliphatic heterocycles. The molecule has 0 aromatic heterocycles. The summed E-state index contributed by atoms with van der Waals surface area (Å²) in [6.07, 6.45) is -5.72. The number of ether oxygens (including phenoxy) is 1. The molecular formula is C20H22F3NO3. The van der Waals surface area contributed by atoms with Gasteiger partial charge in [-0.2, -0.15) is 13.2 Å². The number of hydrogen-bond donors (Lipinski definition) is 2. The molecule has 0 radical (unpaired) electrons. The third-order valence-electron chi connectivity index (χ3n) is 3.99. The Labute approximate surface area is 156 Å². The minimum Gasteiger partial charge on any atom is -0.449 e. The maximum absolute atomic E-state index is 13.4. The van der Waals surface area contributed by atoms with Crippen LogP contribution in [0.2, 0.25) is 0 Å². The van der Waals surface area contributed by atoms with Crippen LogP contribution in [0.4, 0.5) is 18.0 Å². The first-order valence-corrected chi connectivity index (χ1v) is 8.66. The normalized spacial score (nSPS) is 12.5. The maximum Gasteiger partial charge on any atom is 0.416 e. The number of aliphatic hydroxyl groups is 1. The number of halogens is 3. The van der Waals surface area contributed by atoms with Gasteiger partial charge in [0.1, 0.15) is 6.10 Å². The topological polar surface area (TPSA) is 58.6 Å². The third kappa shape index (κ3) is 5.99. The molecule has 1 atom stereocenters. The van der Waals surface area contributed by atoms with Gasteiger partial charge in [0.15, 0.2) is 0 Å². The molecule has 4 nitrogen and oxygen atoms in total. The predicted molar refractivity (Wildman–Crippen MR) is 95.3 cm³/mol. The van der Waals surface area contributed by atoms with Crippen molar-refractivity contribution in [3.05, 3.63) is 70.8 Å². The smallest absolute Gasteiger partial charge is 0.416 e. The van der Waals surface area contributed by atoms with E-state index in [1.165, 1.54) is 12.1 Å². The Morgan fingerprint density at radius 2 is 1.85 bits per heavy atom. The van der Waals surface area contributed by atoms with Crippen molar-refractivity contribution in [2.45, 2.75) is 32.0 Å². The number of carbonyl (C=O) groups is 1. The molecule has 0 aliphatic carbocycles. The minimum absolute atomic E-state index is 0.00908. The van der Waals surface area contributed by atoms with E-state index in [1.54, 1.807) is 30.3 Å². The zero-order valence-electron chi connectivity index (χ0n) is 14.9. The van der Waals surface area contributed by atoms with Gasteiger partial charge in [-0.1, -0.05) is 49.4 Å². The molecule has 146 valence electrons. The van der Waals surface area contributed by atoms with E-state index in [1.807, 2.05) is 6.92 Å². The van der Waals surface area contributed by atoms with E-state index < -0.39 is 23.9 Å². The van der Waals surface area contributed by atoms with Gasteiger partial charge in [0.25, 0.3) is 0 Å². The van der Waals surface area contributed by atoms with Gasteiger partial charge in [-0.05, 0) is 29.2 Å². The van der Waals surface area contributed by atoms with Crippen LogP contribution in [0.15, 0.2) is 48.5 Å². The summed E-state index contributed by atoms with van der Waals surface area (Å²) in [6.45, 7) is 2.15. The zero-order chi connectivity index (χ0) is 19.9. The molecule has 2 N–H and O–H groups in total. The van der Waals surface area contributed by atoms with E-state index >= 15 is 0 Å². The molecule has 1 unspecified atom stereocenters. The van der Waals surface area contributed by atoms with Crippen LogP contribution in [-0.2, 0) is 17.3 Å². The first kappa shape index (κ1) is 20.8. The fraction of sp³-hybridized carbons (Fsp3) is 0.350. The summed E-state index contributed by atoms with van der Waals surface area (Å²) in [7, 11) is 0. The highest BCUT2D eigenvalue weighted by atomic mass is 19.4. The molecule has 1 amide bonds. The number of aliphatic hydroxyl groups excluding tert-OH is 1. The van der Waals surface area contributed by atoms with Crippen molar-refractivity contribution in [1.82, 2.24) is 5.32 Å². The molecule has 27 heavy (non-hydrogen) atoms. The predicted octanol–water partition coefficient (Wildman–Crippen LogP) is 4.47. The SMILES string of the molecule is CCCNC(=O)OCCc1ccc(C(O)c2ccccc2)cc1C(F)(F)F. The average Bonchev–Trinajstić information content (AvgIpc) is 2.66. The zero-order valence-corrected chi connectivity index (χ0v) is 14.9. The van der Waals surface area contributed by atoms with Gasteiger partial charge in [0.05, 0.1) is 12.2 Å². The van der Waals surface area contributed by atoms with Crippen LogP contribution in [0, 0.1) is 0 Å². The largest absolute Gasteiger partial charge is 0.449 e. The molecular weight excluding hydrogens is 359 g/mol. The maximum atomic E-state index is 13.4. The number of rotatable bonds is 7. The first-order chi connectivity index (χ1) is 12.8. The highest BCUT2D eigenvalue weighted by molar-refractivity contribution is 5.67. The Kier molecular flexibility index (Phi) is 7.24. The van der Waals surface area contributed by atoms with Gasteiger partial charge < -0.3 is 15.2 Å². The van der Waals surface area contributed by atoms with Gasteiger partial charge in [-0.25, -0.2) is 4.79 Å². The van der Waals surface area contributed by atoms with Crippen molar-refractivity contribution in [3.63, 3.8) is 0 Å². The van der Waals surface area contributed by atoms with Crippen molar-refractivity contribution >= 4 is 6.09 Å². The lowest BCUT2D eigenvalue weighted by molar-refractivity contribution is -0.138. The number of hydrogen-bond acceptors (Lipinski definition) is 3. The summed E-state index contributed by atoms with van der Waals surface area (Å²) >= 11 is 0. The van der Waals surface area contributed by atoms with E-state index in [4.69, 9.17) is 4.74 Å². The van der Waals surface area contributed by atoms with E-state index in [2.05, 4.69) is 5.32 Å².